The van der Waals surface area contributed by atoms with Gasteiger partial charge in [-0.25, -0.2) is 0 Å². The molecule has 3 rings (SSSR count). The zero-order valence-corrected chi connectivity index (χ0v) is 9.17. The first-order valence-corrected chi connectivity index (χ1v) is 5.52. The maximum atomic E-state index is 12.6. The van der Waals surface area contributed by atoms with E-state index in [1.165, 1.54) is 12.3 Å². The van der Waals surface area contributed by atoms with Gasteiger partial charge in [0.2, 0.25) is 0 Å². The van der Waals surface area contributed by atoms with Crippen LogP contribution in [0.5, 0.6) is 0 Å². The maximum Gasteiger partial charge on any atom is 0.504 e. The highest BCUT2D eigenvalue weighted by atomic mass is 19.4. The van der Waals surface area contributed by atoms with Crippen molar-refractivity contribution >= 4 is 0 Å². The molecule has 0 radical (unpaired) electrons. The van der Waals surface area contributed by atoms with E-state index in [0.717, 1.165) is 26.2 Å². The van der Waals surface area contributed by atoms with Crippen LogP contribution in [0.3, 0.4) is 0 Å². The Morgan fingerprint density at radius 3 is 2.59 bits per heavy atom. The molecule has 1 aromatic rings. The maximum absolute atomic E-state index is 12.6. The van der Waals surface area contributed by atoms with E-state index in [1.807, 2.05) is 4.90 Å². The minimum absolute atomic E-state index is 0.150. The number of nitrogens with one attached hydrogen (secondary N) is 1. The van der Waals surface area contributed by atoms with Crippen molar-refractivity contribution in [3.63, 3.8) is 0 Å². The fourth-order valence-electron chi connectivity index (χ4n) is 2.62. The summed E-state index contributed by atoms with van der Waals surface area (Å²) in [6.45, 7) is 4.05. The summed E-state index contributed by atoms with van der Waals surface area (Å²) in [5.74, 6) is 0. The van der Waals surface area contributed by atoms with Crippen LogP contribution >= 0.6 is 0 Å². The van der Waals surface area contributed by atoms with Gasteiger partial charge in [-0.2, -0.15) is 9.78 Å². The van der Waals surface area contributed by atoms with Crippen LogP contribution in [0.4, 0.5) is 13.2 Å². The van der Waals surface area contributed by atoms with Crippen LogP contribution < -0.4 is 5.32 Å². The summed E-state index contributed by atoms with van der Waals surface area (Å²) in [7, 11) is 0. The van der Waals surface area contributed by atoms with E-state index in [9.17, 15) is 13.2 Å². The van der Waals surface area contributed by atoms with Gasteiger partial charge in [0.05, 0.1) is 5.69 Å². The zero-order chi connectivity index (χ0) is 12.1. The molecule has 3 heterocycles. The van der Waals surface area contributed by atoms with Crippen molar-refractivity contribution in [2.75, 3.05) is 26.2 Å². The van der Waals surface area contributed by atoms with E-state index in [0.29, 0.717) is 12.0 Å². The molecule has 2 aliphatic heterocycles. The van der Waals surface area contributed by atoms with Gasteiger partial charge in [0.1, 0.15) is 0 Å². The average Bonchev–Trinajstić information content (AvgIpc) is 2.53. The molecular weight excluding hydrogens is 233 g/mol. The van der Waals surface area contributed by atoms with Crippen LogP contribution in [0, 0.1) is 5.41 Å². The van der Waals surface area contributed by atoms with Crippen molar-refractivity contribution in [1.82, 2.24) is 20.0 Å². The number of likely N-dealkylation sites (tertiary alicyclic amines) is 1. The second kappa shape index (κ2) is 3.46. The SMILES string of the molecule is FC(F)(F)n1nccc1CN1CC2(CNC2)C1. The number of alkyl halides is 3. The largest absolute Gasteiger partial charge is 0.504 e. The van der Waals surface area contributed by atoms with E-state index in [-0.39, 0.29) is 10.4 Å². The van der Waals surface area contributed by atoms with Gasteiger partial charge in [-0.15, -0.1) is 13.2 Å². The molecular formula is C10H13F3N4. The lowest BCUT2D eigenvalue weighted by Crippen LogP contribution is -2.70. The van der Waals surface area contributed by atoms with Crippen LogP contribution in [-0.2, 0) is 12.8 Å². The molecule has 4 nitrogen and oxygen atoms in total. The summed E-state index contributed by atoms with van der Waals surface area (Å²) in [6, 6.07) is 1.43. The van der Waals surface area contributed by atoms with E-state index in [1.54, 1.807) is 0 Å². The number of hydrogen-bond acceptors (Lipinski definition) is 3. The first-order chi connectivity index (χ1) is 7.99. The molecule has 2 saturated heterocycles. The zero-order valence-electron chi connectivity index (χ0n) is 9.17. The van der Waals surface area contributed by atoms with Crippen molar-refractivity contribution in [1.29, 1.82) is 0 Å². The van der Waals surface area contributed by atoms with Crippen LogP contribution in [0.15, 0.2) is 12.3 Å². The van der Waals surface area contributed by atoms with Crippen LogP contribution in [-0.4, -0.2) is 40.9 Å². The van der Waals surface area contributed by atoms with Crippen LogP contribution in [0.1, 0.15) is 5.69 Å². The van der Waals surface area contributed by atoms with Crippen LogP contribution in [0.2, 0.25) is 0 Å². The molecule has 0 aromatic carbocycles. The molecule has 1 spiro atoms. The topological polar surface area (TPSA) is 33.1 Å². The Balaban J connectivity index is 1.64. The Kier molecular flexibility index (Phi) is 2.24. The molecule has 1 aromatic heterocycles. The van der Waals surface area contributed by atoms with E-state index >= 15 is 0 Å². The second-order valence-electron chi connectivity index (χ2n) is 4.95. The van der Waals surface area contributed by atoms with Crippen molar-refractivity contribution in [2.24, 2.45) is 5.41 Å². The number of halogens is 3. The van der Waals surface area contributed by atoms with E-state index < -0.39 is 6.30 Å². The van der Waals surface area contributed by atoms with Gasteiger partial charge in [-0.1, -0.05) is 0 Å². The summed E-state index contributed by atoms with van der Waals surface area (Å²) in [5.41, 5.74) is 0.544. The molecule has 0 amide bonds. The molecule has 7 heteroatoms. The van der Waals surface area contributed by atoms with Gasteiger partial charge in [-0.05, 0) is 6.07 Å². The van der Waals surface area contributed by atoms with Gasteiger partial charge < -0.3 is 5.32 Å². The summed E-state index contributed by atoms with van der Waals surface area (Å²) < 4.78 is 37.8. The fourth-order valence-corrected chi connectivity index (χ4v) is 2.62. The lowest BCUT2D eigenvalue weighted by molar-refractivity contribution is -0.214. The van der Waals surface area contributed by atoms with Crippen molar-refractivity contribution in [3.8, 4) is 0 Å². The minimum Gasteiger partial charge on any atom is -0.315 e. The average molecular weight is 246 g/mol. The molecule has 2 fully saturated rings. The normalized spacial score (nSPS) is 23.5. The van der Waals surface area contributed by atoms with Gasteiger partial charge in [0.25, 0.3) is 0 Å². The Bertz CT molecular complexity index is 413. The summed E-state index contributed by atoms with van der Waals surface area (Å²) in [5, 5.41) is 6.52. The fraction of sp³-hybridized carbons (Fsp3) is 0.700. The molecule has 0 bridgehead atoms. The Hall–Kier alpha value is -1.08. The highest BCUT2D eigenvalue weighted by Gasteiger charge is 2.47. The molecule has 94 valence electrons. The Morgan fingerprint density at radius 1 is 1.35 bits per heavy atom. The summed E-state index contributed by atoms with van der Waals surface area (Å²) in [6.07, 6.45) is -3.22. The highest BCUT2D eigenvalue weighted by Crippen LogP contribution is 2.35. The molecule has 2 aliphatic rings. The standard InChI is InChI=1S/C10H13F3N4/c11-10(12,13)17-8(1-2-15-17)3-16-6-9(7-16)4-14-5-9/h1-2,14H,3-7H2. The monoisotopic (exact) mass is 246 g/mol. The molecule has 0 saturated carbocycles. The van der Waals surface area contributed by atoms with Gasteiger partial charge in [0.15, 0.2) is 0 Å². The molecule has 0 unspecified atom stereocenters. The number of nitrogens with zero attached hydrogens (tertiary/aromatic N) is 3. The lowest BCUT2D eigenvalue weighted by atomic mass is 9.74. The molecule has 1 N–H and O–H groups in total. The number of hydrogen-bond donors (Lipinski definition) is 1. The minimum atomic E-state index is -4.42. The highest BCUT2D eigenvalue weighted by molar-refractivity contribution is 5.08. The van der Waals surface area contributed by atoms with Gasteiger partial charge in [0, 0.05) is 44.3 Å². The van der Waals surface area contributed by atoms with Gasteiger partial charge >= 0.3 is 6.30 Å². The summed E-state index contributed by atoms with van der Waals surface area (Å²) >= 11 is 0. The predicted octanol–water partition coefficient (Wildman–Crippen LogP) is 0.765. The molecule has 0 aliphatic carbocycles. The Morgan fingerprint density at radius 2 is 2.06 bits per heavy atom. The predicted molar refractivity (Wildman–Crippen MR) is 54.1 cm³/mol. The summed E-state index contributed by atoms with van der Waals surface area (Å²) in [4.78, 5) is 2.03. The third-order valence-corrected chi connectivity index (χ3v) is 3.46. The third-order valence-electron chi connectivity index (χ3n) is 3.46. The first-order valence-electron chi connectivity index (χ1n) is 5.52. The van der Waals surface area contributed by atoms with Crippen molar-refractivity contribution < 1.29 is 13.2 Å². The van der Waals surface area contributed by atoms with Crippen molar-refractivity contribution in [2.45, 2.75) is 12.8 Å². The quantitative estimate of drug-likeness (QED) is 0.836. The first kappa shape index (κ1) is 11.0. The third kappa shape index (κ3) is 1.83. The van der Waals surface area contributed by atoms with Crippen molar-refractivity contribution in [3.05, 3.63) is 18.0 Å². The van der Waals surface area contributed by atoms with E-state index in [2.05, 4.69) is 10.4 Å². The van der Waals surface area contributed by atoms with Crippen LogP contribution in [0.25, 0.3) is 0 Å². The molecule has 17 heavy (non-hydrogen) atoms. The molecule has 0 atom stereocenters. The second-order valence-corrected chi connectivity index (χ2v) is 4.95. The van der Waals surface area contributed by atoms with Gasteiger partial charge in [-0.3, -0.25) is 4.90 Å². The van der Waals surface area contributed by atoms with E-state index in [4.69, 9.17) is 0 Å². The Labute approximate surface area is 96.4 Å². The lowest BCUT2D eigenvalue weighted by Gasteiger charge is -2.56. The number of aromatic nitrogens is 2. The smallest absolute Gasteiger partial charge is 0.315 e. The number of rotatable bonds is 2.